The van der Waals surface area contributed by atoms with Crippen LogP contribution < -0.4 is 5.73 Å². The molecule has 1 aliphatic rings. The van der Waals surface area contributed by atoms with Crippen molar-refractivity contribution in [1.29, 1.82) is 0 Å². The fourth-order valence-electron chi connectivity index (χ4n) is 2.14. The molecule has 2 rings (SSSR count). The summed E-state index contributed by atoms with van der Waals surface area (Å²) in [5, 5.41) is 0. The molecule has 14 heavy (non-hydrogen) atoms. The third-order valence-corrected chi connectivity index (χ3v) is 3.53. The Kier molecular flexibility index (Phi) is 2.82. The quantitative estimate of drug-likeness (QED) is 0.795. The number of nitrogens with zero attached hydrogens (tertiary/aromatic N) is 1. The van der Waals surface area contributed by atoms with Gasteiger partial charge in [-0.05, 0) is 23.5 Å². The Morgan fingerprint density at radius 2 is 2.29 bits per heavy atom. The number of hydrogen-bond donors (Lipinski definition) is 1. The van der Waals surface area contributed by atoms with Gasteiger partial charge in [-0.3, -0.25) is 4.98 Å². The van der Waals surface area contributed by atoms with Gasteiger partial charge in [-0.1, -0.05) is 32.3 Å². The molecule has 0 amide bonds. The van der Waals surface area contributed by atoms with Crippen molar-refractivity contribution in [3.63, 3.8) is 0 Å². The first-order valence-corrected chi connectivity index (χ1v) is 5.44. The maximum atomic E-state index is 6.21. The summed E-state index contributed by atoms with van der Waals surface area (Å²) in [5.74, 6) is 1.43. The lowest BCUT2D eigenvalue weighted by Gasteiger charge is -2.35. The summed E-state index contributed by atoms with van der Waals surface area (Å²) >= 11 is 0. The van der Waals surface area contributed by atoms with Gasteiger partial charge in [0.05, 0.1) is 0 Å². The highest BCUT2D eigenvalue weighted by Crippen LogP contribution is 2.38. The number of rotatable bonds is 3. The first-order chi connectivity index (χ1) is 6.79. The Morgan fingerprint density at radius 1 is 1.50 bits per heavy atom. The zero-order valence-corrected chi connectivity index (χ0v) is 8.69. The Balaban J connectivity index is 2.03. The van der Waals surface area contributed by atoms with Crippen LogP contribution in [0.2, 0.25) is 0 Å². The van der Waals surface area contributed by atoms with E-state index in [4.69, 9.17) is 5.73 Å². The molecule has 0 radical (unpaired) electrons. The minimum atomic E-state index is 0.161. The van der Waals surface area contributed by atoms with Crippen molar-refractivity contribution in [1.82, 2.24) is 4.98 Å². The van der Waals surface area contributed by atoms with Crippen molar-refractivity contribution in [3.05, 3.63) is 30.1 Å². The molecule has 1 fully saturated rings. The summed E-state index contributed by atoms with van der Waals surface area (Å²) in [4.78, 5) is 4.11. The molecule has 1 aliphatic carbocycles. The second-order valence-electron chi connectivity index (χ2n) is 4.36. The van der Waals surface area contributed by atoms with Crippen LogP contribution in [0.3, 0.4) is 0 Å². The average Bonchev–Trinajstić information content (AvgIpc) is 2.15. The third-order valence-electron chi connectivity index (χ3n) is 3.53. The van der Waals surface area contributed by atoms with Crippen LogP contribution in [-0.4, -0.2) is 4.98 Å². The van der Waals surface area contributed by atoms with Crippen LogP contribution in [0.15, 0.2) is 24.5 Å². The van der Waals surface area contributed by atoms with E-state index in [9.17, 15) is 0 Å². The molecule has 2 unspecified atom stereocenters. The molecule has 1 aromatic heterocycles. The standard InChI is InChI=1S/C12H18N2/c1-9(10-4-2-5-10)12(13)11-6-3-7-14-8-11/h3,6-10,12H,2,4-5,13H2,1H3. The Hall–Kier alpha value is -0.890. The van der Waals surface area contributed by atoms with Crippen molar-refractivity contribution >= 4 is 0 Å². The third kappa shape index (κ3) is 1.80. The van der Waals surface area contributed by atoms with Crippen LogP contribution in [0.4, 0.5) is 0 Å². The summed E-state index contributed by atoms with van der Waals surface area (Å²) in [7, 11) is 0. The van der Waals surface area contributed by atoms with Gasteiger partial charge >= 0.3 is 0 Å². The van der Waals surface area contributed by atoms with Crippen molar-refractivity contribution in [3.8, 4) is 0 Å². The lowest BCUT2D eigenvalue weighted by molar-refractivity contribution is 0.193. The van der Waals surface area contributed by atoms with Gasteiger partial charge in [0.1, 0.15) is 0 Å². The molecule has 2 heteroatoms. The van der Waals surface area contributed by atoms with Crippen LogP contribution in [0.25, 0.3) is 0 Å². The van der Waals surface area contributed by atoms with Gasteiger partial charge in [0.15, 0.2) is 0 Å². The predicted octanol–water partition coefficient (Wildman–Crippen LogP) is 2.52. The second kappa shape index (κ2) is 4.09. The Morgan fingerprint density at radius 3 is 2.79 bits per heavy atom. The van der Waals surface area contributed by atoms with Crippen LogP contribution in [-0.2, 0) is 0 Å². The van der Waals surface area contributed by atoms with E-state index in [0.29, 0.717) is 5.92 Å². The minimum Gasteiger partial charge on any atom is -0.324 e. The van der Waals surface area contributed by atoms with Crippen LogP contribution in [0.5, 0.6) is 0 Å². The van der Waals surface area contributed by atoms with E-state index in [0.717, 1.165) is 5.92 Å². The van der Waals surface area contributed by atoms with E-state index in [-0.39, 0.29) is 6.04 Å². The summed E-state index contributed by atoms with van der Waals surface area (Å²) in [6.07, 6.45) is 7.78. The molecule has 2 N–H and O–H groups in total. The van der Waals surface area contributed by atoms with Crippen molar-refractivity contribution < 1.29 is 0 Å². The number of aromatic nitrogens is 1. The molecule has 1 saturated carbocycles. The van der Waals surface area contributed by atoms with E-state index in [1.54, 1.807) is 6.20 Å². The highest BCUT2D eigenvalue weighted by atomic mass is 14.7. The minimum absolute atomic E-state index is 0.161. The van der Waals surface area contributed by atoms with E-state index < -0.39 is 0 Å². The van der Waals surface area contributed by atoms with Crippen molar-refractivity contribution in [2.75, 3.05) is 0 Å². The molecule has 0 aliphatic heterocycles. The lowest BCUT2D eigenvalue weighted by Crippen LogP contribution is -2.29. The monoisotopic (exact) mass is 190 g/mol. The molecule has 0 saturated heterocycles. The molecular weight excluding hydrogens is 172 g/mol. The van der Waals surface area contributed by atoms with Crippen LogP contribution in [0.1, 0.15) is 37.8 Å². The molecule has 1 heterocycles. The Bertz CT molecular complexity index is 280. The normalized spacial score (nSPS) is 21.3. The molecule has 0 spiro atoms. The lowest BCUT2D eigenvalue weighted by atomic mass is 9.73. The zero-order valence-electron chi connectivity index (χ0n) is 8.69. The number of nitrogens with two attached hydrogens (primary N) is 1. The zero-order chi connectivity index (χ0) is 9.97. The van der Waals surface area contributed by atoms with E-state index in [2.05, 4.69) is 18.0 Å². The largest absolute Gasteiger partial charge is 0.324 e. The number of pyridine rings is 1. The van der Waals surface area contributed by atoms with Gasteiger partial charge in [0.2, 0.25) is 0 Å². The van der Waals surface area contributed by atoms with Gasteiger partial charge in [-0.25, -0.2) is 0 Å². The molecule has 76 valence electrons. The highest BCUT2D eigenvalue weighted by Gasteiger charge is 2.28. The topological polar surface area (TPSA) is 38.9 Å². The summed E-state index contributed by atoms with van der Waals surface area (Å²) < 4.78 is 0. The smallest absolute Gasteiger partial charge is 0.0338 e. The van der Waals surface area contributed by atoms with Gasteiger partial charge in [0.25, 0.3) is 0 Å². The summed E-state index contributed by atoms with van der Waals surface area (Å²) in [6.45, 7) is 2.27. The molecule has 2 nitrogen and oxygen atoms in total. The average molecular weight is 190 g/mol. The number of hydrogen-bond acceptors (Lipinski definition) is 2. The van der Waals surface area contributed by atoms with Crippen molar-refractivity contribution in [2.24, 2.45) is 17.6 Å². The molecule has 0 bridgehead atoms. The predicted molar refractivity (Wildman–Crippen MR) is 57.7 cm³/mol. The van der Waals surface area contributed by atoms with E-state index in [1.165, 1.54) is 24.8 Å². The summed E-state index contributed by atoms with van der Waals surface area (Å²) in [6, 6.07) is 4.20. The van der Waals surface area contributed by atoms with Crippen LogP contribution >= 0.6 is 0 Å². The van der Waals surface area contributed by atoms with E-state index in [1.807, 2.05) is 12.3 Å². The SMILES string of the molecule is CC(C1CCC1)C(N)c1cccnc1. The second-order valence-corrected chi connectivity index (χ2v) is 4.36. The van der Waals surface area contributed by atoms with E-state index >= 15 is 0 Å². The molecule has 2 atom stereocenters. The maximum absolute atomic E-state index is 6.21. The first kappa shape index (κ1) is 9.66. The summed E-state index contributed by atoms with van der Waals surface area (Å²) in [5.41, 5.74) is 7.38. The molecular formula is C12H18N2. The highest BCUT2D eigenvalue weighted by molar-refractivity contribution is 5.14. The fourth-order valence-corrected chi connectivity index (χ4v) is 2.14. The van der Waals surface area contributed by atoms with Gasteiger partial charge in [0, 0.05) is 18.4 Å². The molecule has 0 aromatic carbocycles. The maximum Gasteiger partial charge on any atom is 0.0338 e. The fraction of sp³-hybridized carbons (Fsp3) is 0.583. The van der Waals surface area contributed by atoms with Crippen molar-refractivity contribution in [2.45, 2.75) is 32.2 Å². The van der Waals surface area contributed by atoms with Gasteiger partial charge in [-0.2, -0.15) is 0 Å². The van der Waals surface area contributed by atoms with Crippen LogP contribution in [0, 0.1) is 11.8 Å². The Labute approximate surface area is 85.5 Å². The van der Waals surface area contributed by atoms with Gasteiger partial charge in [-0.15, -0.1) is 0 Å². The first-order valence-electron chi connectivity index (χ1n) is 5.44. The van der Waals surface area contributed by atoms with Gasteiger partial charge < -0.3 is 5.73 Å². The molecule has 1 aromatic rings.